The standard InChI is InChI=1S/C11H21NO/c1-4-9(3)12-10-6-7-13-11(5-2)8-10/h4,9-12H,1,5-8H2,2-3H3. The van der Waals surface area contributed by atoms with Crippen molar-refractivity contribution >= 4 is 0 Å². The summed E-state index contributed by atoms with van der Waals surface area (Å²) in [4.78, 5) is 0. The van der Waals surface area contributed by atoms with Crippen LogP contribution in [0.1, 0.15) is 33.1 Å². The molecule has 0 spiro atoms. The second-order valence-corrected chi connectivity index (χ2v) is 3.81. The first kappa shape index (κ1) is 10.7. The molecule has 1 rings (SSSR count). The van der Waals surface area contributed by atoms with E-state index in [0.717, 1.165) is 25.9 Å². The van der Waals surface area contributed by atoms with E-state index in [-0.39, 0.29) is 0 Å². The van der Waals surface area contributed by atoms with Crippen LogP contribution in [-0.2, 0) is 4.74 Å². The summed E-state index contributed by atoms with van der Waals surface area (Å²) in [7, 11) is 0. The molecule has 0 aliphatic carbocycles. The van der Waals surface area contributed by atoms with Crippen LogP contribution in [-0.4, -0.2) is 24.8 Å². The van der Waals surface area contributed by atoms with Crippen molar-refractivity contribution in [2.45, 2.75) is 51.3 Å². The van der Waals surface area contributed by atoms with Gasteiger partial charge in [0.15, 0.2) is 0 Å². The Kier molecular flexibility index (Phi) is 4.46. The molecule has 1 saturated heterocycles. The Balaban J connectivity index is 2.29. The Labute approximate surface area is 81.4 Å². The highest BCUT2D eigenvalue weighted by atomic mass is 16.5. The maximum Gasteiger partial charge on any atom is 0.0587 e. The van der Waals surface area contributed by atoms with E-state index in [9.17, 15) is 0 Å². The van der Waals surface area contributed by atoms with Gasteiger partial charge in [-0.1, -0.05) is 13.0 Å². The van der Waals surface area contributed by atoms with Crippen molar-refractivity contribution in [3.05, 3.63) is 12.7 Å². The normalized spacial score (nSPS) is 31.2. The highest BCUT2D eigenvalue weighted by molar-refractivity contribution is 4.86. The Morgan fingerprint density at radius 1 is 1.69 bits per heavy atom. The number of nitrogens with one attached hydrogen (secondary N) is 1. The summed E-state index contributed by atoms with van der Waals surface area (Å²) < 4.78 is 5.61. The number of rotatable bonds is 4. The van der Waals surface area contributed by atoms with Crippen LogP contribution in [0, 0.1) is 0 Å². The summed E-state index contributed by atoms with van der Waals surface area (Å²) >= 11 is 0. The topological polar surface area (TPSA) is 21.3 Å². The van der Waals surface area contributed by atoms with Crippen LogP contribution >= 0.6 is 0 Å². The average Bonchev–Trinajstić information content (AvgIpc) is 2.18. The summed E-state index contributed by atoms with van der Waals surface area (Å²) in [5.74, 6) is 0. The van der Waals surface area contributed by atoms with E-state index in [2.05, 4.69) is 25.7 Å². The fraction of sp³-hybridized carbons (Fsp3) is 0.818. The first-order valence-corrected chi connectivity index (χ1v) is 5.26. The first-order valence-electron chi connectivity index (χ1n) is 5.26. The first-order chi connectivity index (χ1) is 6.26. The molecule has 3 unspecified atom stereocenters. The Bertz CT molecular complexity index is 158. The molecule has 0 saturated carbocycles. The van der Waals surface area contributed by atoms with Crippen molar-refractivity contribution < 1.29 is 4.74 Å². The zero-order valence-electron chi connectivity index (χ0n) is 8.75. The maximum atomic E-state index is 5.61. The van der Waals surface area contributed by atoms with Gasteiger partial charge in [-0.2, -0.15) is 0 Å². The molecule has 0 bridgehead atoms. The van der Waals surface area contributed by atoms with Crippen LogP contribution in [0.25, 0.3) is 0 Å². The van der Waals surface area contributed by atoms with Crippen LogP contribution in [0.2, 0.25) is 0 Å². The lowest BCUT2D eigenvalue weighted by atomic mass is 10.0. The lowest BCUT2D eigenvalue weighted by molar-refractivity contribution is -0.000797. The number of hydrogen-bond acceptors (Lipinski definition) is 2. The minimum atomic E-state index is 0.417. The predicted molar refractivity (Wildman–Crippen MR) is 55.8 cm³/mol. The lowest BCUT2D eigenvalue weighted by Gasteiger charge is -2.31. The van der Waals surface area contributed by atoms with Gasteiger partial charge in [-0.25, -0.2) is 0 Å². The predicted octanol–water partition coefficient (Wildman–Crippen LogP) is 2.11. The Hall–Kier alpha value is -0.340. The molecule has 2 nitrogen and oxygen atoms in total. The zero-order valence-corrected chi connectivity index (χ0v) is 8.75. The van der Waals surface area contributed by atoms with E-state index >= 15 is 0 Å². The van der Waals surface area contributed by atoms with E-state index in [0.29, 0.717) is 18.2 Å². The summed E-state index contributed by atoms with van der Waals surface area (Å²) in [5, 5.41) is 3.53. The third-order valence-corrected chi connectivity index (χ3v) is 2.67. The molecular weight excluding hydrogens is 162 g/mol. The second-order valence-electron chi connectivity index (χ2n) is 3.81. The smallest absolute Gasteiger partial charge is 0.0587 e. The summed E-state index contributed by atoms with van der Waals surface area (Å²) in [6, 6.07) is 1.03. The van der Waals surface area contributed by atoms with Crippen molar-refractivity contribution in [1.82, 2.24) is 5.32 Å². The molecule has 2 heteroatoms. The van der Waals surface area contributed by atoms with E-state index in [1.165, 1.54) is 0 Å². The third kappa shape index (κ3) is 3.49. The SMILES string of the molecule is C=CC(C)NC1CCOC(CC)C1. The molecule has 1 fully saturated rings. The van der Waals surface area contributed by atoms with Gasteiger partial charge in [-0.15, -0.1) is 6.58 Å². The van der Waals surface area contributed by atoms with E-state index < -0.39 is 0 Å². The van der Waals surface area contributed by atoms with Crippen molar-refractivity contribution in [2.24, 2.45) is 0 Å². The monoisotopic (exact) mass is 183 g/mol. The van der Waals surface area contributed by atoms with Gasteiger partial charge >= 0.3 is 0 Å². The van der Waals surface area contributed by atoms with Gasteiger partial charge in [-0.3, -0.25) is 0 Å². The summed E-state index contributed by atoms with van der Waals surface area (Å²) in [6.45, 7) is 9.00. The molecule has 0 radical (unpaired) electrons. The molecule has 13 heavy (non-hydrogen) atoms. The van der Waals surface area contributed by atoms with Crippen molar-refractivity contribution in [2.75, 3.05) is 6.61 Å². The van der Waals surface area contributed by atoms with Gasteiger partial charge in [0.2, 0.25) is 0 Å². The summed E-state index contributed by atoms with van der Waals surface area (Å²) in [5.41, 5.74) is 0. The van der Waals surface area contributed by atoms with Crippen LogP contribution in [0.4, 0.5) is 0 Å². The Morgan fingerprint density at radius 2 is 2.46 bits per heavy atom. The lowest BCUT2D eigenvalue weighted by Crippen LogP contribution is -2.42. The largest absolute Gasteiger partial charge is 0.378 e. The van der Waals surface area contributed by atoms with E-state index in [1.807, 2.05) is 6.08 Å². The number of hydrogen-bond donors (Lipinski definition) is 1. The Morgan fingerprint density at radius 3 is 3.08 bits per heavy atom. The molecule has 0 aromatic heterocycles. The van der Waals surface area contributed by atoms with Gasteiger partial charge in [0.1, 0.15) is 0 Å². The highest BCUT2D eigenvalue weighted by Gasteiger charge is 2.21. The van der Waals surface area contributed by atoms with Gasteiger partial charge in [0, 0.05) is 18.7 Å². The highest BCUT2D eigenvalue weighted by Crippen LogP contribution is 2.16. The number of ether oxygens (including phenoxy) is 1. The van der Waals surface area contributed by atoms with Crippen molar-refractivity contribution in [3.63, 3.8) is 0 Å². The third-order valence-electron chi connectivity index (χ3n) is 2.67. The molecule has 0 aromatic carbocycles. The van der Waals surface area contributed by atoms with Gasteiger partial charge < -0.3 is 10.1 Å². The summed E-state index contributed by atoms with van der Waals surface area (Å²) in [6.07, 6.45) is 5.82. The molecule has 1 N–H and O–H groups in total. The van der Waals surface area contributed by atoms with Gasteiger partial charge in [-0.05, 0) is 26.2 Å². The zero-order chi connectivity index (χ0) is 9.68. The van der Waals surface area contributed by atoms with Crippen LogP contribution < -0.4 is 5.32 Å². The van der Waals surface area contributed by atoms with Gasteiger partial charge in [0.05, 0.1) is 6.10 Å². The van der Waals surface area contributed by atoms with Crippen LogP contribution in [0.15, 0.2) is 12.7 Å². The second kappa shape index (κ2) is 5.40. The molecule has 0 amide bonds. The molecule has 0 aromatic rings. The quantitative estimate of drug-likeness (QED) is 0.674. The average molecular weight is 183 g/mol. The molecule has 3 atom stereocenters. The van der Waals surface area contributed by atoms with Crippen molar-refractivity contribution in [3.8, 4) is 0 Å². The molecular formula is C11H21NO. The van der Waals surface area contributed by atoms with E-state index in [1.54, 1.807) is 0 Å². The van der Waals surface area contributed by atoms with E-state index in [4.69, 9.17) is 4.74 Å². The fourth-order valence-electron chi connectivity index (χ4n) is 1.76. The van der Waals surface area contributed by atoms with Gasteiger partial charge in [0.25, 0.3) is 0 Å². The molecule has 1 aliphatic rings. The maximum absolute atomic E-state index is 5.61. The molecule has 1 aliphatic heterocycles. The van der Waals surface area contributed by atoms with Crippen LogP contribution in [0.3, 0.4) is 0 Å². The minimum absolute atomic E-state index is 0.417. The fourth-order valence-corrected chi connectivity index (χ4v) is 1.76. The molecule has 1 heterocycles. The van der Waals surface area contributed by atoms with Crippen molar-refractivity contribution in [1.29, 1.82) is 0 Å². The molecule has 76 valence electrons. The van der Waals surface area contributed by atoms with Crippen LogP contribution in [0.5, 0.6) is 0 Å². The minimum Gasteiger partial charge on any atom is -0.378 e.